The average molecular weight is 717 g/mol. The van der Waals surface area contributed by atoms with Gasteiger partial charge in [-0.15, -0.1) is 0 Å². The summed E-state index contributed by atoms with van der Waals surface area (Å²) in [7, 11) is 1.46. The van der Waals surface area contributed by atoms with E-state index >= 15 is 0 Å². The summed E-state index contributed by atoms with van der Waals surface area (Å²) in [6, 6.07) is 0. The van der Waals surface area contributed by atoms with E-state index in [9.17, 15) is 19.0 Å². The van der Waals surface area contributed by atoms with Gasteiger partial charge in [0.2, 0.25) is 0 Å². The number of phosphoric ester groups is 1. The number of carbonyl (C=O) groups excluding carboxylic acids is 2. The van der Waals surface area contributed by atoms with Crippen molar-refractivity contribution in [1.82, 2.24) is 0 Å². The summed E-state index contributed by atoms with van der Waals surface area (Å²) in [4.78, 5) is 35.1. The van der Waals surface area contributed by atoms with E-state index < -0.39 is 26.5 Å². The molecule has 49 heavy (non-hydrogen) atoms. The predicted octanol–water partition coefficient (Wildman–Crippen LogP) is 10.4. The molecule has 0 heterocycles. The standard InChI is InChI=1S/C39H74NO8P/c1-6-8-10-12-14-16-18-20-22-23-25-27-29-31-38(41)45-35-37(36-47-49(43,44)46-34-33-40(3,4)5)48-39(42)32-30-28-26-24-21-19-17-15-13-11-9-7-2/h15,17,20,22,37H,6-14,16,18-19,21,23-36H2,1-5H3/p+1/b17-15+,22-20+/t37-/m1/s1. The summed E-state index contributed by atoms with van der Waals surface area (Å²) >= 11 is 0. The average Bonchev–Trinajstić information content (AvgIpc) is 3.04. The Morgan fingerprint density at radius 2 is 1.04 bits per heavy atom. The monoisotopic (exact) mass is 717 g/mol. The Morgan fingerprint density at radius 3 is 1.57 bits per heavy atom. The maximum absolute atomic E-state index is 12.6. The molecule has 0 bridgehead atoms. The first-order valence-corrected chi connectivity index (χ1v) is 21.1. The molecule has 9 nitrogen and oxygen atoms in total. The van der Waals surface area contributed by atoms with Gasteiger partial charge < -0.3 is 18.9 Å². The van der Waals surface area contributed by atoms with Crippen LogP contribution in [0.5, 0.6) is 0 Å². The van der Waals surface area contributed by atoms with Gasteiger partial charge in [0.25, 0.3) is 0 Å². The van der Waals surface area contributed by atoms with E-state index in [-0.39, 0.29) is 32.0 Å². The molecule has 0 fully saturated rings. The first-order chi connectivity index (χ1) is 23.5. The molecule has 0 aliphatic rings. The molecule has 0 saturated heterocycles. The van der Waals surface area contributed by atoms with Crippen LogP contribution in [0.25, 0.3) is 0 Å². The SMILES string of the molecule is CCCCC/C=C/CCCCCCCC(=O)O[C@H](COC(=O)CCCCC/C=C/CCCCCCCC)COP(=O)(O)OCC[N+](C)(C)C. The highest BCUT2D eigenvalue weighted by Gasteiger charge is 2.27. The van der Waals surface area contributed by atoms with Crippen LogP contribution in [0.15, 0.2) is 24.3 Å². The maximum atomic E-state index is 12.6. The van der Waals surface area contributed by atoms with Crippen LogP contribution >= 0.6 is 7.82 Å². The number of phosphoric acid groups is 1. The number of allylic oxidation sites excluding steroid dienone is 4. The fourth-order valence-electron chi connectivity index (χ4n) is 5.06. The van der Waals surface area contributed by atoms with Crippen molar-refractivity contribution >= 4 is 19.8 Å². The molecule has 0 rings (SSSR count). The molecule has 2 atom stereocenters. The molecule has 0 saturated carbocycles. The minimum Gasteiger partial charge on any atom is -0.462 e. The highest BCUT2D eigenvalue weighted by atomic mass is 31.2. The molecular formula is C39H75NO8P+. The number of hydrogen-bond donors (Lipinski definition) is 1. The highest BCUT2D eigenvalue weighted by molar-refractivity contribution is 7.47. The van der Waals surface area contributed by atoms with E-state index in [0.717, 1.165) is 64.2 Å². The van der Waals surface area contributed by atoms with Gasteiger partial charge in [-0.3, -0.25) is 18.6 Å². The van der Waals surface area contributed by atoms with Gasteiger partial charge in [-0.2, -0.15) is 0 Å². The first kappa shape index (κ1) is 47.5. The lowest BCUT2D eigenvalue weighted by Crippen LogP contribution is -2.37. The third-order valence-electron chi connectivity index (χ3n) is 8.20. The second-order valence-electron chi connectivity index (χ2n) is 14.3. The number of esters is 2. The molecule has 10 heteroatoms. The molecule has 1 unspecified atom stereocenters. The zero-order chi connectivity index (χ0) is 36.5. The smallest absolute Gasteiger partial charge is 0.462 e. The topological polar surface area (TPSA) is 108 Å². The van der Waals surface area contributed by atoms with Gasteiger partial charge >= 0.3 is 19.8 Å². The molecule has 0 aliphatic heterocycles. The van der Waals surface area contributed by atoms with E-state index in [1.54, 1.807) is 0 Å². The number of rotatable bonds is 35. The van der Waals surface area contributed by atoms with Crippen LogP contribution in [0, 0.1) is 0 Å². The lowest BCUT2D eigenvalue weighted by Gasteiger charge is -2.24. The highest BCUT2D eigenvalue weighted by Crippen LogP contribution is 2.43. The number of likely N-dealkylation sites (N-methyl/N-ethyl adjacent to an activating group) is 1. The van der Waals surface area contributed by atoms with E-state index in [4.69, 9.17) is 18.5 Å². The number of nitrogens with zero attached hydrogens (tertiary/aromatic N) is 1. The Labute approximate surface area is 300 Å². The Bertz CT molecular complexity index is 902. The lowest BCUT2D eigenvalue weighted by atomic mass is 10.1. The second kappa shape index (κ2) is 32.4. The third kappa shape index (κ3) is 36.1. The Balaban J connectivity index is 4.47. The normalized spacial score (nSPS) is 14.0. The van der Waals surface area contributed by atoms with Gasteiger partial charge in [-0.25, -0.2) is 4.57 Å². The zero-order valence-corrected chi connectivity index (χ0v) is 33.1. The number of ether oxygens (including phenoxy) is 2. The predicted molar refractivity (Wildman–Crippen MR) is 201 cm³/mol. The molecule has 0 radical (unpaired) electrons. The minimum atomic E-state index is -4.37. The largest absolute Gasteiger partial charge is 0.472 e. The minimum absolute atomic E-state index is 0.0287. The fourth-order valence-corrected chi connectivity index (χ4v) is 5.80. The van der Waals surface area contributed by atoms with Crippen molar-refractivity contribution in [2.45, 2.75) is 168 Å². The number of unbranched alkanes of at least 4 members (excludes halogenated alkanes) is 17. The van der Waals surface area contributed by atoms with Crippen molar-refractivity contribution in [2.24, 2.45) is 0 Å². The molecule has 288 valence electrons. The van der Waals surface area contributed by atoms with E-state index in [1.807, 2.05) is 21.1 Å². The second-order valence-corrected chi connectivity index (χ2v) is 15.8. The summed E-state index contributed by atoms with van der Waals surface area (Å²) in [5.41, 5.74) is 0. The van der Waals surface area contributed by atoms with Crippen molar-refractivity contribution in [3.8, 4) is 0 Å². The summed E-state index contributed by atoms with van der Waals surface area (Å²) in [5, 5.41) is 0. The molecule has 0 aromatic carbocycles. The molecule has 0 amide bonds. The van der Waals surface area contributed by atoms with E-state index in [0.29, 0.717) is 23.9 Å². The molecular weight excluding hydrogens is 641 g/mol. The Morgan fingerprint density at radius 1 is 0.612 bits per heavy atom. The van der Waals surface area contributed by atoms with Crippen molar-refractivity contribution in [2.75, 3.05) is 47.5 Å². The van der Waals surface area contributed by atoms with Gasteiger partial charge in [0.05, 0.1) is 27.7 Å². The van der Waals surface area contributed by atoms with Crippen molar-refractivity contribution in [3.63, 3.8) is 0 Å². The van der Waals surface area contributed by atoms with Crippen LogP contribution < -0.4 is 0 Å². The molecule has 0 aromatic rings. The van der Waals surface area contributed by atoms with Crippen molar-refractivity contribution in [1.29, 1.82) is 0 Å². The van der Waals surface area contributed by atoms with Crippen LogP contribution in [-0.2, 0) is 32.7 Å². The molecule has 0 spiro atoms. The zero-order valence-electron chi connectivity index (χ0n) is 32.2. The van der Waals surface area contributed by atoms with E-state index in [1.165, 1.54) is 57.8 Å². The molecule has 1 N–H and O–H groups in total. The number of hydrogen-bond acceptors (Lipinski definition) is 7. The number of carbonyl (C=O) groups is 2. The van der Waals surface area contributed by atoms with Crippen LogP contribution in [0.1, 0.15) is 162 Å². The van der Waals surface area contributed by atoms with Gasteiger partial charge in [0.15, 0.2) is 6.10 Å². The summed E-state index contributed by atoms with van der Waals surface area (Å²) in [6.07, 6.45) is 32.2. The van der Waals surface area contributed by atoms with Crippen LogP contribution in [-0.4, -0.2) is 74.9 Å². The Hall–Kier alpha value is -1.51. The van der Waals surface area contributed by atoms with Crippen molar-refractivity contribution in [3.05, 3.63) is 24.3 Å². The number of quaternary nitrogens is 1. The fraction of sp³-hybridized carbons (Fsp3) is 0.846. The maximum Gasteiger partial charge on any atom is 0.472 e. The van der Waals surface area contributed by atoms with Gasteiger partial charge in [0.1, 0.15) is 19.8 Å². The van der Waals surface area contributed by atoms with Gasteiger partial charge in [0, 0.05) is 12.8 Å². The van der Waals surface area contributed by atoms with E-state index in [2.05, 4.69) is 38.2 Å². The van der Waals surface area contributed by atoms with Crippen molar-refractivity contribution < 1.29 is 42.1 Å². The Kier molecular flexibility index (Phi) is 31.4. The van der Waals surface area contributed by atoms with Gasteiger partial charge in [-0.05, 0) is 64.2 Å². The first-order valence-electron chi connectivity index (χ1n) is 19.6. The summed E-state index contributed by atoms with van der Waals surface area (Å²) < 4.78 is 34.1. The van der Waals surface area contributed by atoms with Crippen LogP contribution in [0.2, 0.25) is 0 Å². The van der Waals surface area contributed by atoms with Crippen LogP contribution in [0.4, 0.5) is 0 Å². The lowest BCUT2D eigenvalue weighted by molar-refractivity contribution is -0.870. The summed E-state index contributed by atoms with van der Waals surface area (Å²) in [5.74, 6) is -0.829. The third-order valence-corrected chi connectivity index (χ3v) is 9.19. The van der Waals surface area contributed by atoms with Gasteiger partial charge in [-0.1, -0.05) is 109 Å². The molecule has 0 aliphatic carbocycles. The van der Waals surface area contributed by atoms with Crippen LogP contribution in [0.3, 0.4) is 0 Å². The quantitative estimate of drug-likeness (QED) is 0.0227. The summed E-state index contributed by atoms with van der Waals surface area (Å²) in [6.45, 7) is 4.35. The molecule has 0 aromatic heterocycles.